The number of nitrogens with one attached hydrogen (secondary N) is 2. The minimum Gasteiger partial charge on any atom is -0.496 e. The Labute approximate surface area is 165 Å². The van der Waals surface area contributed by atoms with E-state index >= 15 is 0 Å². The van der Waals surface area contributed by atoms with Crippen LogP contribution in [0.5, 0.6) is 5.75 Å². The van der Waals surface area contributed by atoms with Crippen LogP contribution >= 0.6 is 0 Å². The van der Waals surface area contributed by atoms with E-state index in [-0.39, 0.29) is 24.7 Å². The van der Waals surface area contributed by atoms with Gasteiger partial charge in [0, 0.05) is 19.0 Å². The number of carbonyl (C=O) groups excluding carboxylic acids is 1. The fourth-order valence-corrected chi connectivity index (χ4v) is 2.64. The van der Waals surface area contributed by atoms with Gasteiger partial charge in [0.2, 0.25) is 23.6 Å². The van der Waals surface area contributed by atoms with E-state index in [1.807, 2.05) is 30.3 Å². The van der Waals surface area contributed by atoms with Crippen molar-refractivity contribution in [2.24, 2.45) is 0 Å². The number of carbonyl (C=O) groups is 1. The second-order valence-corrected chi connectivity index (χ2v) is 5.98. The maximum absolute atomic E-state index is 12.2. The third-order valence-electron chi connectivity index (χ3n) is 4.03. The molecule has 10 heteroatoms. The summed E-state index contributed by atoms with van der Waals surface area (Å²) in [5, 5.41) is 13.3. The van der Waals surface area contributed by atoms with Gasteiger partial charge in [-0.05, 0) is 24.3 Å². The van der Waals surface area contributed by atoms with Crippen molar-refractivity contribution < 1.29 is 14.1 Å². The summed E-state index contributed by atoms with van der Waals surface area (Å²) in [6, 6.07) is 12.8. The highest BCUT2D eigenvalue weighted by atomic mass is 16.5. The molecular formula is C19H17N7O3. The lowest BCUT2D eigenvalue weighted by Gasteiger charge is -2.04. The molecule has 0 radical (unpaired) electrons. The SMILES string of the molecule is COc1ccccc1-c1nc(NC(=O)CCc2nc(-c3ccccn3)no2)n[nH]1. The Morgan fingerprint density at radius 1 is 1.17 bits per heavy atom. The van der Waals surface area contributed by atoms with E-state index in [4.69, 9.17) is 9.26 Å². The quantitative estimate of drug-likeness (QED) is 0.491. The van der Waals surface area contributed by atoms with E-state index in [1.165, 1.54) is 0 Å². The summed E-state index contributed by atoms with van der Waals surface area (Å²) in [5.41, 5.74) is 1.35. The second kappa shape index (κ2) is 8.30. The molecule has 1 aromatic carbocycles. The number of para-hydroxylation sites is 1. The third kappa shape index (κ3) is 4.26. The standard InChI is InChI=1S/C19H17N7O3/c1-28-14-8-3-2-6-12(14)17-23-19(25-24-17)21-15(27)9-10-16-22-18(26-29-16)13-7-4-5-11-20-13/h2-8,11H,9-10H2,1H3,(H2,21,23,24,25,27). The fourth-order valence-electron chi connectivity index (χ4n) is 2.64. The lowest BCUT2D eigenvalue weighted by atomic mass is 10.2. The van der Waals surface area contributed by atoms with Gasteiger partial charge >= 0.3 is 0 Å². The van der Waals surface area contributed by atoms with Gasteiger partial charge in [-0.1, -0.05) is 23.4 Å². The van der Waals surface area contributed by atoms with Gasteiger partial charge in [-0.3, -0.25) is 20.2 Å². The Morgan fingerprint density at radius 3 is 2.86 bits per heavy atom. The summed E-state index contributed by atoms with van der Waals surface area (Å²) in [5.74, 6) is 1.79. The van der Waals surface area contributed by atoms with E-state index in [2.05, 4.69) is 35.6 Å². The molecule has 0 spiro atoms. The molecule has 0 saturated carbocycles. The van der Waals surface area contributed by atoms with Gasteiger partial charge in [-0.2, -0.15) is 9.97 Å². The molecule has 29 heavy (non-hydrogen) atoms. The van der Waals surface area contributed by atoms with Gasteiger partial charge in [0.1, 0.15) is 11.4 Å². The molecule has 4 aromatic rings. The van der Waals surface area contributed by atoms with E-state index < -0.39 is 0 Å². The Morgan fingerprint density at radius 2 is 2.03 bits per heavy atom. The molecule has 3 heterocycles. The van der Waals surface area contributed by atoms with Crippen LogP contribution in [0, 0.1) is 0 Å². The van der Waals surface area contributed by atoms with Crippen LogP contribution in [0.4, 0.5) is 5.95 Å². The first kappa shape index (κ1) is 18.3. The van der Waals surface area contributed by atoms with Crippen molar-refractivity contribution in [3.8, 4) is 28.7 Å². The number of nitrogens with zero attached hydrogens (tertiary/aromatic N) is 5. The van der Waals surface area contributed by atoms with Crippen LogP contribution < -0.4 is 10.1 Å². The molecule has 1 amide bonds. The zero-order valence-electron chi connectivity index (χ0n) is 15.5. The molecule has 3 aromatic heterocycles. The van der Waals surface area contributed by atoms with Crippen molar-refractivity contribution in [3.05, 3.63) is 54.6 Å². The average Bonchev–Trinajstić information content (AvgIpc) is 3.43. The molecule has 0 aliphatic heterocycles. The van der Waals surface area contributed by atoms with Crippen LogP contribution in [-0.4, -0.2) is 43.3 Å². The average molecular weight is 391 g/mol. The predicted octanol–water partition coefficient (Wildman–Crippen LogP) is 2.50. The summed E-state index contributed by atoms with van der Waals surface area (Å²) in [7, 11) is 1.58. The first-order chi connectivity index (χ1) is 14.2. The molecule has 0 aliphatic rings. The summed E-state index contributed by atoms with van der Waals surface area (Å²) < 4.78 is 10.5. The topological polar surface area (TPSA) is 132 Å². The summed E-state index contributed by atoms with van der Waals surface area (Å²) >= 11 is 0. The monoisotopic (exact) mass is 391 g/mol. The molecule has 0 aliphatic carbocycles. The summed E-state index contributed by atoms with van der Waals surface area (Å²) in [6.07, 6.45) is 2.08. The highest BCUT2D eigenvalue weighted by Gasteiger charge is 2.14. The number of ether oxygens (including phenoxy) is 1. The van der Waals surface area contributed by atoms with Gasteiger partial charge in [0.05, 0.1) is 12.7 Å². The van der Waals surface area contributed by atoms with Gasteiger partial charge in [-0.25, -0.2) is 0 Å². The predicted molar refractivity (Wildman–Crippen MR) is 103 cm³/mol. The number of rotatable bonds is 7. The number of aryl methyl sites for hydroxylation is 1. The lowest BCUT2D eigenvalue weighted by Crippen LogP contribution is -2.13. The first-order valence-electron chi connectivity index (χ1n) is 8.82. The number of aromatic amines is 1. The third-order valence-corrected chi connectivity index (χ3v) is 4.03. The van der Waals surface area contributed by atoms with Crippen molar-refractivity contribution in [1.82, 2.24) is 30.3 Å². The number of hydrogen-bond acceptors (Lipinski definition) is 8. The van der Waals surface area contributed by atoms with Gasteiger partial charge < -0.3 is 9.26 Å². The highest BCUT2D eigenvalue weighted by Crippen LogP contribution is 2.27. The van der Waals surface area contributed by atoms with Crippen LogP contribution in [0.1, 0.15) is 12.3 Å². The number of hydrogen-bond donors (Lipinski definition) is 2. The zero-order chi connectivity index (χ0) is 20.1. The summed E-state index contributed by atoms with van der Waals surface area (Å²) in [6.45, 7) is 0. The van der Waals surface area contributed by atoms with E-state index in [1.54, 1.807) is 25.4 Å². The van der Waals surface area contributed by atoms with Crippen molar-refractivity contribution in [2.75, 3.05) is 12.4 Å². The van der Waals surface area contributed by atoms with Crippen molar-refractivity contribution in [3.63, 3.8) is 0 Å². The zero-order valence-corrected chi connectivity index (χ0v) is 15.5. The van der Waals surface area contributed by atoms with Crippen molar-refractivity contribution >= 4 is 11.9 Å². The normalized spacial score (nSPS) is 10.7. The maximum Gasteiger partial charge on any atom is 0.249 e. The van der Waals surface area contributed by atoms with Crippen LogP contribution in [0.3, 0.4) is 0 Å². The number of amides is 1. The molecular weight excluding hydrogens is 374 g/mol. The lowest BCUT2D eigenvalue weighted by molar-refractivity contribution is -0.116. The number of methoxy groups -OCH3 is 1. The van der Waals surface area contributed by atoms with Crippen molar-refractivity contribution in [1.29, 1.82) is 0 Å². The number of pyridine rings is 1. The Bertz CT molecular complexity index is 1110. The molecule has 0 unspecified atom stereocenters. The van der Waals surface area contributed by atoms with Crippen LogP contribution in [0.15, 0.2) is 53.2 Å². The number of aromatic nitrogens is 6. The Kier molecular flexibility index (Phi) is 5.23. The molecule has 4 rings (SSSR count). The molecule has 0 atom stereocenters. The van der Waals surface area contributed by atoms with Gasteiger partial charge in [0.25, 0.3) is 0 Å². The molecule has 0 fully saturated rings. The Balaban J connectivity index is 1.35. The molecule has 0 bridgehead atoms. The largest absolute Gasteiger partial charge is 0.496 e. The number of H-pyrrole nitrogens is 1. The first-order valence-corrected chi connectivity index (χ1v) is 8.82. The Hall–Kier alpha value is -4.08. The fraction of sp³-hybridized carbons (Fsp3) is 0.158. The minimum atomic E-state index is -0.270. The molecule has 2 N–H and O–H groups in total. The van der Waals surface area contributed by atoms with Crippen LogP contribution in [-0.2, 0) is 11.2 Å². The second-order valence-electron chi connectivity index (χ2n) is 5.98. The van der Waals surface area contributed by atoms with Gasteiger partial charge in [-0.15, -0.1) is 5.10 Å². The molecule has 146 valence electrons. The van der Waals surface area contributed by atoms with E-state index in [0.717, 1.165) is 5.56 Å². The highest BCUT2D eigenvalue weighted by molar-refractivity contribution is 5.89. The maximum atomic E-state index is 12.2. The smallest absolute Gasteiger partial charge is 0.249 e. The molecule has 10 nitrogen and oxygen atoms in total. The van der Waals surface area contributed by atoms with E-state index in [0.29, 0.717) is 29.0 Å². The van der Waals surface area contributed by atoms with Crippen LogP contribution in [0.25, 0.3) is 22.9 Å². The minimum absolute atomic E-state index is 0.141. The summed E-state index contributed by atoms with van der Waals surface area (Å²) in [4.78, 5) is 24.9. The van der Waals surface area contributed by atoms with Crippen LogP contribution in [0.2, 0.25) is 0 Å². The number of anilines is 1. The van der Waals surface area contributed by atoms with Gasteiger partial charge in [0.15, 0.2) is 5.82 Å². The van der Waals surface area contributed by atoms with Crippen molar-refractivity contribution in [2.45, 2.75) is 12.8 Å². The number of benzene rings is 1. The van der Waals surface area contributed by atoms with E-state index in [9.17, 15) is 4.79 Å². The molecule has 0 saturated heterocycles.